The Kier molecular flexibility index (Phi) is 2.96. The Morgan fingerprint density at radius 2 is 1.56 bits per heavy atom. The van der Waals surface area contributed by atoms with Gasteiger partial charge in [0.05, 0.1) is 0 Å². The summed E-state index contributed by atoms with van der Waals surface area (Å²) in [5.41, 5.74) is 0.770. The summed E-state index contributed by atoms with van der Waals surface area (Å²) in [4.78, 5) is 11.3. The maximum Gasteiger partial charge on any atom is 0.378 e. The van der Waals surface area contributed by atoms with Crippen molar-refractivity contribution < 1.29 is 14.5 Å². The first-order chi connectivity index (χ1) is 7.79. The van der Waals surface area contributed by atoms with Crippen molar-refractivity contribution in [2.75, 3.05) is 0 Å². The molecule has 1 heterocycles. The number of benzene rings is 1. The molecular formula is C13H12NO2+. The fourth-order valence-corrected chi connectivity index (χ4v) is 1.66. The summed E-state index contributed by atoms with van der Waals surface area (Å²) in [6.45, 7) is 0. The number of hydrogen-bond donors (Lipinski definition) is 1. The second-order valence-corrected chi connectivity index (χ2v) is 3.47. The van der Waals surface area contributed by atoms with Gasteiger partial charge in [-0.3, -0.25) is 0 Å². The number of aliphatic carboxylic acids is 1. The van der Waals surface area contributed by atoms with Crippen molar-refractivity contribution in [3.05, 3.63) is 66.5 Å². The predicted molar refractivity (Wildman–Crippen MR) is 58.9 cm³/mol. The Hall–Kier alpha value is -2.16. The van der Waals surface area contributed by atoms with Crippen molar-refractivity contribution in [2.24, 2.45) is 0 Å². The van der Waals surface area contributed by atoms with Crippen LogP contribution in [0.5, 0.6) is 0 Å². The van der Waals surface area contributed by atoms with Gasteiger partial charge in [-0.2, -0.15) is 4.57 Å². The minimum Gasteiger partial charge on any atom is -0.476 e. The molecule has 1 aromatic carbocycles. The average molecular weight is 214 g/mol. The number of carbonyl (C=O) groups is 1. The third-order valence-corrected chi connectivity index (χ3v) is 2.39. The molecule has 0 radical (unpaired) electrons. The molecule has 3 heteroatoms. The topological polar surface area (TPSA) is 41.2 Å². The largest absolute Gasteiger partial charge is 0.476 e. The molecule has 0 spiro atoms. The van der Waals surface area contributed by atoms with Crippen LogP contribution in [-0.4, -0.2) is 11.1 Å². The zero-order valence-corrected chi connectivity index (χ0v) is 8.65. The highest BCUT2D eigenvalue weighted by Gasteiger charge is 2.28. The summed E-state index contributed by atoms with van der Waals surface area (Å²) in [5.74, 6) is -0.859. The lowest BCUT2D eigenvalue weighted by atomic mass is 10.1. The van der Waals surface area contributed by atoms with Crippen molar-refractivity contribution in [3.8, 4) is 0 Å². The van der Waals surface area contributed by atoms with Crippen LogP contribution in [0.4, 0.5) is 0 Å². The molecule has 1 atom stereocenters. The quantitative estimate of drug-likeness (QED) is 0.789. The number of carboxylic acid groups (broad SMARTS) is 1. The lowest BCUT2D eigenvalue weighted by molar-refractivity contribution is -0.702. The van der Waals surface area contributed by atoms with Crippen LogP contribution in [0.15, 0.2) is 60.9 Å². The van der Waals surface area contributed by atoms with Crippen LogP contribution in [-0.2, 0) is 4.79 Å². The molecule has 80 valence electrons. The highest BCUT2D eigenvalue weighted by atomic mass is 16.4. The highest BCUT2D eigenvalue weighted by molar-refractivity contribution is 5.73. The van der Waals surface area contributed by atoms with Gasteiger partial charge in [-0.1, -0.05) is 36.4 Å². The zero-order valence-electron chi connectivity index (χ0n) is 8.65. The first-order valence-electron chi connectivity index (χ1n) is 5.02. The Morgan fingerprint density at radius 3 is 2.12 bits per heavy atom. The van der Waals surface area contributed by atoms with E-state index in [1.54, 1.807) is 17.0 Å². The fraction of sp³-hybridized carbons (Fsp3) is 0.0769. The van der Waals surface area contributed by atoms with Crippen molar-refractivity contribution in [3.63, 3.8) is 0 Å². The normalized spacial score (nSPS) is 12.0. The molecule has 1 N–H and O–H groups in total. The van der Waals surface area contributed by atoms with Gasteiger partial charge in [-0.05, 0) is 0 Å². The molecule has 0 saturated carbocycles. The summed E-state index contributed by atoms with van der Waals surface area (Å²) in [6, 6.07) is 14.0. The molecule has 3 nitrogen and oxygen atoms in total. The van der Waals surface area contributed by atoms with Gasteiger partial charge >= 0.3 is 5.97 Å². The van der Waals surface area contributed by atoms with Crippen molar-refractivity contribution in [1.29, 1.82) is 0 Å². The Balaban J connectivity index is 2.44. The number of hydrogen-bond acceptors (Lipinski definition) is 1. The van der Waals surface area contributed by atoms with Gasteiger partial charge in [0, 0.05) is 17.7 Å². The standard InChI is InChI=1S/C13H11NO2/c15-13(16)12(11-7-3-1-4-8-11)14-9-5-2-6-10-14/h1-10,12H/p+1. The number of carboxylic acids is 1. The second kappa shape index (κ2) is 4.57. The van der Waals surface area contributed by atoms with Crippen LogP contribution in [0, 0.1) is 0 Å². The van der Waals surface area contributed by atoms with E-state index in [1.165, 1.54) is 0 Å². The van der Waals surface area contributed by atoms with Gasteiger partial charge in [-0.25, -0.2) is 4.79 Å². The molecule has 0 fully saturated rings. The molecule has 0 aliphatic carbocycles. The van der Waals surface area contributed by atoms with Crippen LogP contribution < -0.4 is 4.57 Å². The Bertz CT molecular complexity index is 428. The molecule has 16 heavy (non-hydrogen) atoms. The van der Waals surface area contributed by atoms with Crippen LogP contribution in [0.3, 0.4) is 0 Å². The van der Waals surface area contributed by atoms with Gasteiger partial charge in [-0.15, -0.1) is 0 Å². The van der Waals surface area contributed by atoms with Gasteiger partial charge in [0.15, 0.2) is 12.4 Å². The highest BCUT2D eigenvalue weighted by Crippen LogP contribution is 2.11. The monoisotopic (exact) mass is 214 g/mol. The van der Waals surface area contributed by atoms with E-state index in [9.17, 15) is 9.90 Å². The smallest absolute Gasteiger partial charge is 0.378 e. The van der Waals surface area contributed by atoms with Crippen LogP contribution in [0.25, 0.3) is 0 Å². The van der Waals surface area contributed by atoms with Gasteiger partial charge in [0.1, 0.15) is 0 Å². The van der Waals surface area contributed by atoms with Crippen LogP contribution in [0.2, 0.25) is 0 Å². The maximum atomic E-state index is 11.3. The molecule has 2 rings (SSSR count). The molecule has 0 aliphatic heterocycles. The number of rotatable bonds is 3. The molecule has 1 unspecified atom stereocenters. The predicted octanol–water partition coefficient (Wildman–Crippen LogP) is 1.65. The zero-order chi connectivity index (χ0) is 11.4. The molecule has 0 amide bonds. The first kappa shape index (κ1) is 10.4. The third kappa shape index (κ3) is 2.08. The minimum absolute atomic E-state index is 0.664. The number of aromatic nitrogens is 1. The van der Waals surface area contributed by atoms with E-state index in [2.05, 4.69) is 0 Å². The van der Waals surface area contributed by atoms with E-state index in [1.807, 2.05) is 48.5 Å². The van der Waals surface area contributed by atoms with Crippen molar-refractivity contribution in [2.45, 2.75) is 6.04 Å². The third-order valence-electron chi connectivity index (χ3n) is 2.39. The SMILES string of the molecule is O=C(O)C(c1ccccc1)[n+]1ccccc1. The Labute approximate surface area is 93.6 Å². The average Bonchev–Trinajstić information content (AvgIpc) is 2.31. The first-order valence-corrected chi connectivity index (χ1v) is 5.02. The molecule has 2 aromatic rings. The van der Waals surface area contributed by atoms with E-state index < -0.39 is 12.0 Å². The van der Waals surface area contributed by atoms with E-state index in [0.717, 1.165) is 5.56 Å². The molecule has 1 aromatic heterocycles. The molecular weight excluding hydrogens is 202 g/mol. The van der Waals surface area contributed by atoms with Crippen molar-refractivity contribution in [1.82, 2.24) is 0 Å². The fourth-order valence-electron chi connectivity index (χ4n) is 1.66. The van der Waals surface area contributed by atoms with Crippen LogP contribution >= 0.6 is 0 Å². The van der Waals surface area contributed by atoms with E-state index in [0.29, 0.717) is 0 Å². The van der Waals surface area contributed by atoms with Gasteiger partial charge < -0.3 is 5.11 Å². The van der Waals surface area contributed by atoms with Crippen molar-refractivity contribution >= 4 is 5.97 Å². The molecule has 0 aliphatic rings. The van der Waals surface area contributed by atoms with Crippen LogP contribution in [0.1, 0.15) is 11.6 Å². The summed E-state index contributed by atoms with van der Waals surface area (Å²) < 4.78 is 1.68. The number of pyridine rings is 1. The Morgan fingerprint density at radius 1 is 1.00 bits per heavy atom. The summed E-state index contributed by atoms with van der Waals surface area (Å²) in [7, 11) is 0. The lowest BCUT2D eigenvalue weighted by Gasteiger charge is -2.07. The van der Waals surface area contributed by atoms with Gasteiger partial charge in [0.2, 0.25) is 0 Å². The minimum atomic E-state index is -0.859. The van der Waals surface area contributed by atoms with E-state index >= 15 is 0 Å². The summed E-state index contributed by atoms with van der Waals surface area (Å²) in [6.07, 6.45) is 3.51. The maximum absolute atomic E-state index is 11.3. The van der Waals surface area contributed by atoms with Gasteiger partial charge in [0.25, 0.3) is 6.04 Å². The van der Waals surface area contributed by atoms with E-state index in [4.69, 9.17) is 0 Å². The van der Waals surface area contributed by atoms with E-state index in [-0.39, 0.29) is 0 Å². The molecule has 0 saturated heterocycles. The number of nitrogens with zero attached hydrogens (tertiary/aromatic N) is 1. The summed E-state index contributed by atoms with van der Waals surface area (Å²) >= 11 is 0. The lowest BCUT2D eigenvalue weighted by Crippen LogP contribution is -2.43. The second-order valence-electron chi connectivity index (χ2n) is 3.47. The summed E-state index contributed by atoms with van der Waals surface area (Å²) in [5, 5.41) is 9.26. The molecule has 0 bridgehead atoms.